The van der Waals surface area contributed by atoms with Gasteiger partial charge in [-0.25, -0.2) is 13.8 Å². The van der Waals surface area contributed by atoms with Crippen molar-refractivity contribution in [1.29, 1.82) is 0 Å². The Labute approximate surface area is 112 Å². The number of H-pyrrole nitrogens is 1. The van der Waals surface area contributed by atoms with E-state index >= 15 is 0 Å². The largest absolute Gasteiger partial charge is 0.507 e. The van der Waals surface area contributed by atoms with E-state index in [1.165, 1.54) is 19.2 Å². The van der Waals surface area contributed by atoms with Crippen LogP contribution in [0.25, 0.3) is 22.4 Å². The van der Waals surface area contributed by atoms with Gasteiger partial charge in [0.05, 0.1) is 18.2 Å². The van der Waals surface area contributed by atoms with Crippen LogP contribution in [-0.4, -0.2) is 22.2 Å². The summed E-state index contributed by atoms with van der Waals surface area (Å²) in [4.78, 5) is 6.83. The highest BCUT2D eigenvalue weighted by Crippen LogP contribution is 2.32. The van der Waals surface area contributed by atoms with E-state index in [0.29, 0.717) is 16.8 Å². The van der Waals surface area contributed by atoms with Crippen LogP contribution in [0.1, 0.15) is 0 Å². The lowest BCUT2D eigenvalue weighted by Gasteiger charge is -2.04. The van der Waals surface area contributed by atoms with Crippen molar-refractivity contribution in [2.75, 3.05) is 7.11 Å². The fraction of sp³-hybridized carbons (Fsp3) is 0.0714. The first-order valence-corrected chi connectivity index (χ1v) is 5.81. The first-order chi connectivity index (χ1) is 9.60. The molecule has 6 heteroatoms. The number of benzene rings is 2. The molecule has 0 aliphatic rings. The van der Waals surface area contributed by atoms with Gasteiger partial charge in [-0.15, -0.1) is 0 Å². The number of hydrogen-bond donors (Lipinski definition) is 2. The summed E-state index contributed by atoms with van der Waals surface area (Å²) < 4.78 is 31.9. The van der Waals surface area contributed by atoms with Gasteiger partial charge in [-0.1, -0.05) is 0 Å². The molecule has 0 saturated carbocycles. The minimum absolute atomic E-state index is 0.0364. The highest BCUT2D eigenvalue weighted by Gasteiger charge is 2.15. The number of phenols is 1. The molecule has 2 aromatic carbocycles. The fourth-order valence-electron chi connectivity index (χ4n) is 1.98. The molecule has 0 aliphatic carbocycles. The van der Waals surface area contributed by atoms with Gasteiger partial charge in [0, 0.05) is 0 Å². The van der Waals surface area contributed by atoms with Gasteiger partial charge in [0.1, 0.15) is 22.8 Å². The Morgan fingerprint density at radius 3 is 2.75 bits per heavy atom. The molecule has 1 aromatic heterocycles. The Morgan fingerprint density at radius 2 is 2.00 bits per heavy atom. The van der Waals surface area contributed by atoms with Gasteiger partial charge in [-0.05, 0) is 30.3 Å². The van der Waals surface area contributed by atoms with Gasteiger partial charge in [0.2, 0.25) is 0 Å². The first kappa shape index (κ1) is 12.4. The number of aromatic hydroxyl groups is 1. The molecule has 1 heterocycles. The lowest BCUT2D eigenvalue weighted by molar-refractivity contribution is 0.412. The lowest BCUT2D eigenvalue weighted by Crippen LogP contribution is -1.86. The van der Waals surface area contributed by atoms with Crippen LogP contribution in [-0.2, 0) is 0 Å². The van der Waals surface area contributed by atoms with Crippen LogP contribution >= 0.6 is 0 Å². The minimum atomic E-state index is -1.02. The van der Waals surface area contributed by atoms with Gasteiger partial charge in [-0.3, -0.25) is 0 Å². The van der Waals surface area contributed by atoms with Crippen molar-refractivity contribution in [2.45, 2.75) is 0 Å². The van der Waals surface area contributed by atoms with Gasteiger partial charge in [-0.2, -0.15) is 0 Å². The monoisotopic (exact) mass is 276 g/mol. The van der Waals surface area contributed by atoms with Crippen LogP contribution in [0.3, 0.4) is 0 Å². The molecule has 3 rings (SSSR count). The van der Waals surface area contributed by atoms with E-state index in [1.54, 1.807) is 12.1 Å². The minimum Gasteiger partial charge on any atom is -0.507 e. The number of halogens is 2. The summed E-state index contributed by atoms with van der Waals surface area (Å²) >= 11 is 0. The Bertz CT molecular complexity index is 799. The summed E-state index contributed by atoms with van der Waals surface area (Å²) in [5.41, 5.74) is 0.587. The number of hydrogen-bond acceptors (Lipinski definition) is 3. The number of aromatic nitrogens is 2. The van der Waals surface area contributed by atoms with Gasteiger partial charge in [0.15, 0.2) is 11.6 Å². The quantitative estimate of drug-likeness (QED) is 0.755. The maximum atomic E-state index is 13.6. The normalized spacial score (nSPS) is 10.9. The number of aromatic amines is 1. The molecular weight excluding hydrogens is 266 g/mol. The van der Waals surface area contributed by atoms with E-state index in [1.807, 2.05) is 0 Å². The third-order valence-electron chi connectivity index (χ3n) is 3.00. The molecule has 2 N–H and O–H groups in total. The van der Waals surface area contributed by atoms with Gasteiger partial charge >= 0.3 is 0 Å². The molecule has 20 heavy (non-hydrogen) atoms. The van der Waals surface area contributed by atoms with E-state index < -0.39 is 11.6 Å². The summed E-state index contributed by atoms with van der Waals surface area (Å²) in [5.74, 6) is -1.27. The maximum Gasteiger partial charge on any atom is 0.186 e. The second kappa shape index (κ2) is 4.48. The van der Waals surface area contributed by atoms with Crippen molar-refractivity contribution < 1.29 is 18.6 Å². The molecule has 0 aliphatic heterocycles. The molecule has 4 nitrogen and oxygen atoms in total. The number of fused-ring (bicyclic) bond motifs is 1. The highest BCUT2D eigenvalue weighted by molar-refractivity contribution is 5.81. The smallest absolute Gasteiger partial charge is 0.186 e. The number of methoxy groups -OCH3 is 1. The van der Waals surface area contributed by atoms with Gasteiger partial charge < -0.3 is 14.8 Å². The number of imidazole rings is 1. The van der Waals surface area contributed by atoms with Crippen LogP contribution in [0.5, 0.6) is 11.5 Å². The molecule has 0 saturated heterocycles. The van der Waals surface area contributed by atoms with Crippen molar-refractivity contribution in [3.05, 3.63) is 42.0 Å². The van der Waals surface area contributed by atoms with Crippen molar-refractivity contribution in [3.63, 3.8) is 0 Å². The Hall–Kier alpha value is -2.63. The Morgan fingerprint density at radius 1 is 1.20 bits per heavy atom. The Kier molecular flexibility index (Phi) is 2.78. The third-order valence-corrected chi connectivity index (χ3v) is 3.00. The summed E-state index contributed by atoms with van der Waals surface area (Å²) in [5, 5.41) is 9.85. The summed E-state index contributed by atoms with van der Waals surface area (Å²) in [7, 11) is 1.49. The molecule has 0 amide bonds. The lowest BCUT2D eigenvalue weighted by atomic mass is 10.2. The average Bonchev–Trinajstić information content (AvgIpc) is 2.88. The van der Waals surface area contributed by atoms with E-state index in [9.17, 15) is 13.9 Å². The fourth-order valence-corrected chi connectivity index (χ4v) is 1.98. The molecule has 0 spiro atoms. The molecule has 3 aromatic rings. The standard InChI is InChI=1S/C14H10F2N2O2/c1-20-7-2-5-11(19)8(6-7)14-17-10-4-3-9(15)12(16)13(10)18-14/h2-6,19H,1H3,(H,17,18). The van der Waals surface area contributed by atoms with Crippen molar-refractivity contribution in [2.24, 2.45) is 0 Å². The number of ether oxygens (including phenoxy) is 1. The average molecular weight is 276 g/mol. The zero-order valence-electron chi connectivity index (χ0n) is 10.4. The predicted molar refractivity (Wildman–Crippen MR) is 69.7 cm³/mol. The van der Waals surface area contributed by atoms with Crippen LogP contribution in [0, 0.1) is 11.6 Å². The van der Waals surface area contributed by atoms with E-state index in [0.717, 1.165) is 6.07 Å². The first-order valence-electron chi connectivity index (χ1n) is 5.81. The Balaban J connectivity index is 2.22. The van der Waals surface area contributed by atoms with Crippen LogP contribution in [0.2, 0.25) is 0 Å². The van der Waals surface area contributed by atoms with Crippen LogP contribution in [0.15, 0.2) is 30.3 Å². The highest BCUT2D eigenvalue weighted by atomic mass is 19.2. The summed E-state index contributed by atoms with van der Waals surface area (Å²) in [6, 6.07) is 6.99. The number of nitrogens with zero attached hydrogens (tertiary/aromatic N) is 1. The predicted octanol–water partition coefficient (Wildman–Crippen LogP) is 3.22. The molecule has 0 atom stereocenters. The third kappa shape index (κ3) is 1.85. The molecule has 0 radical (unpaired) electrons. The summed E-state index contributed by atoms with van der Waals surface area (Å²) in [6.45, 7) is 0. The molecule has 102 valence electrons. The SMILES string of the molecule is COc1ccc(O)c(-c2nc3c(F)c(F)ccc3[nH]2)c1. The molecule has 0 bridgehead atoms. The number of nitrogens with one attached hydrogen (secondary N) is 1. The van der Waals surface area contributed by atoms with Crippen molar-refractivity contribution >= 4 is 11.0 Å². The number of phenolic OH excluding ortho intramolecular Hbond substituents is 1. The van der Waals surface area contributed by atoms with E-state index in [-0.39, 0.29) is 17.1 Å². The zero-order valence-corrected chi connectivity index (χ0v) is 10.4. The molecular formula is C14H10F2N2O2. The number of rotatable bonds is 2. The second-order valence-corrected chi connectivity index (χ2v) is 4.23. The topological polar surface area (TPSA) is 58.1 Å². The summed E-state index contributed by atoms with van der Waals surface area (Å²) in [6.07, 6.45) is 0. The zero-order chi connectivity index (χ0) is 14.3. The molecule has 0 unspecified atom stereocenters. The molecule has 0 fully saturated rings. The second-order valence-electron chi connectivity index (χ2n) is 4.23. The van der Waals surface area contributed by atoms with Gasteiger partial charge in [0.25, 0.3) is 0 Å². The van der Waals surface area contributed by atoms with E-state index in [2.05, 4.69) is 9.97 Å². The maximum absolute atomic E-state index is 13.6. The van der Waals surface area contributed by atoms with Crippen molar-refractivity contribution in [1.82, 2.24) is 9.97 Å². The van der Waals surface area contributed by atoms with Crippen molar-refractivity contribution in [3.8, 4) is 22.9 Å². The van der Waals surface area contributed by atoms with Crippen LogP contribution < -0.4 is 4.74 Å². The van der Waals surface area contributed by atoms with Crippen LogP contribution in [0.4, 0.5) is 8.78 Å². The van der Waals surface area contributed by atoms with E-state index in [4.69, 9.17) is 4.74 Å².